The minimum atomic E-state index is 0.479. The summed E-state index contributed by atoms with van der Waals surface area (Å²) in [5.41, 5.74) is 1.41. The first-order valence-electron chi connectivity index (χ1n) is 5.19. The quantitative estimate of drug-likeness (QED) is 0.514. The molecule has 0 unspecified atom stereocenters. The van der Waals surface area contributed by atoms with Gasteiger partial charge in [-0.3, -0.25) is 0 Å². The van der Waals surface area contributed by atoms with Crippen molar-refractivity contribution < 1.29 is 9.47 Å². The van der Waals surface area contributed by atoms with Crippen LogP contribution in [0.4, 0.5) is 0 Å². The number of hydrogen-bond acceptors (Lipinski definition) is 4. The third kappa shape index (κ3) is 1.64. The molecule has 0 bridgehead atoms. The first-order valence-corrected chi connectivity index (χ1v) is 6.00. The number of ether oxygens (including phenoxy) is 1. The average molecular weight is 246 g/mol. The number of thiazole rings is 1. The zero-order chi connectivity index (χ0) is 11.8. The van der Waals surface area contributed by atoms with Crippen molar-refractivity contribution in [2.45, 2.75) is 6.61 Å². The average Bonchev–Trinajstić information content (AvgIpc) is 2.73. The van der Waals surface area contributed by atoms with E-state index >= 15 is 0 Å². The normalized spacial score (nSPS) is 11.4. The molecule has 0 atom stereocenters. The topological polar surface area (TPSA) is 49.1 Å². The van der Waals surface area contributed by atoms with Gasteiger partial charge >= 0.3 is 0 Å². The van der Waals surface area contributed by atoms with Gasteiger partial charge in [0.05, 0.1) is 16.7 Å². The van der Waals surface area contributed by atoms with Crippen molar-refractivity contribution >= 4 is 32.5 Å². The Morgan fingerprint density at radius 2 is 2.24 bits per heavy atom. The van der Waals surface area contributed by atoms with Crippen molar-refractivity contribution in [2.75, 3.05) is 7.11 Å². The minimum absolute atomic E-state index is 0.479. The van der Waals surface area contributed by atoms with Gasteiger partial charge in [0.15, 0.2) is 0 Å². The minimum Gasteiger partial charge on any atom is -0.618 e. The molecule has 3 rings (SSSR count). The van der Waals surface area contributed by atoms with Gasteiger partial charge in [0.25, 0.3) is 0 Å². The van der Waals surface area contributed by atoms with Gasteiger partial charge in [-0.2, -0.15) is 4.73 Å². The smallest absolute Gasteiger partial charge is 0.225 e. The lowest BCUT2D eigenvalue weighted by Crippen LogP contribution is -2.26. The largest absolute Gasteiger partial charge is 0.618 e. The summed E-state index contributed by atoms with van der Waals surface area (Å²) >= 11 is 1.57. The van der Waals surface area contributed by atoms with Gasteiger partial charge in [0.1, 0.15) is 10.5 Å². The fraction of sp³-hybridized carbons (Fsp3) is 0.167. The van der Waals surface area contributed by atoms with Crippen molar-refractivity contribution in [2.24, 2.45) is 0 Å². The predicted molar refractivity (Wildman–Crippen MR) is 66.8 cm³/mol. The van der Waals surface area contributed by atoms with Crippen LogP contribution in [0.15, 0.2) is 30.5 Å². The van der Waals surface area contributed by atoms with Crippen LogP contribution in [0.3, 0.4) is 0 Å². The Morgan fingerprint density at radius 1 is 1.41 bits per heavy atom. The summed E-state index contributed by atoms with van der Waals surface area (Å²) < 4.78 is 6.97. The van der Waals surface area contributed by atoms with E-state index in [1.807, 2.05) is 24.3 Å². The molecule has 2 aromatic heterocycles. The van der Waals surface area contributed by atoms with Crippen LogP contribution in [-0.2, 0) is 11.3 Å². The number of fused-ring (bicyclic) bond motifs is 3. The van der Waals surface area contributed by atoms with Crippen molar-refractivity contribution in [3.8, 4) is 0 Å². The lowest BCUT2D eigenvalue weighted by atomic mass is 10.2. The Bertz CT molecular complexity index is 693. The molecular weight excluding hydrogens is 236 g/mol. The van der Waals surface area contributed by atoms with Crippen LogP contribution in [0.2, 0.25) is 0 Å². The van der Waals surface area contributed by atoms with Crippen LogP contribution in [0, 0.1) is 5.21 Å². The first-order chi connectivity index (χ1) is 8.29. The van der Waals surface area contributed by atoms with E-state index in [0.29, 0.717) is 12.1 Å². The van der Waals surface area contributed by atoms with Crippen molar-refractivity contribution in [3.63, 3.8) is 0 Å². The van der Waals surface area contributed by atoms with Gasteiger partial charge in [-0.05, 0) is 6.07 Å². The maximum atomic E-state index is 11.8. The van der Waals surface area contributed by atoms with Gasteiger partial charge in [0, 0.05) is 13.2 Å². The summed E-state index contributed by atoms with van der Waals surface area (Å²) in [6.45, 7) is 0.479. The van der Waals surface area contributed by atoms with Crippen LogP contribution in [-0.4, -0.2) is 12.1 Å². The Balaban J connectivity index is 2.38. The molecular formula is C12H10N2O2S. The Hall–Kier alpha value is -1.72. The van der Waals surface area contributed by atoms with Crippen LogP contribution in [0.5, 0.6) is 0 Å². The molecule has 0 radical (unpaired) electrons. The Morgan fingerprint density at radius 3 is 3.06 bits per heavy atom. The van der Waals surface area contributed by atoms with Crippen LogP contribution in [0.1, 0.15) is 5.01 Å². The summed E-state index contributed by atoms with van der Waals surface area (Å²) in [4.78, 5) is 4.39. The maximum Gasteiger partial charge on any atom is 0.225 e. The number of pyridine rings is 1. The predicted octanol–water partition coefficient (Wildman–Crippen LogP) is 2.23. The number of rotatable bonds is 2. The molecule has 0 aliphatic heterocycles. The van der Waals surface area contributed by atoms with E-state index in [1.165, 1.54) is 6.20 Å². The molecule has 86 valence electrons. The van der Waals surface area contributed by atoms with E-state index in [2.05, 4.69) is 4.98 Å². The first kappa shape index (κ1) is 10.4. The second-order valence-electron chi connectivity index (χ2n) is 3.73. The van der Waals surface area contributed by atoms with Gasteiger partial charge in [-0.25, -0.2) is 4.98 Å². The fourth-order valence-corrected chi connectivity index (χ4v) is 2.92. The van der Waals surface area contributed by atoms with Gasteiger partial charge < -0.3 is 9.94 Å². The monoisotopic (exact) mass is 246 g/mol. The molecule has 1 aromatic carbocycles. The lowest BCUT2D eigenvalue weighted by Gasteiger charge is -2.00. The number of methoxy groups -OCH3 is 1. The van der Waals surface area contributed by atoms with Gasteiger partial charge in [-0.1, -0.05) is 12.1 Å². The van der Waals surface area contributed by atoms with Crippen molar-refractivity contribution in [1.29, 1.82) is 0 Å². The SMILES string of the molecule is COCc1nc2c[n+]([O-])c3ccccc3c2s1. The second-order valence-corrected chi connectivity index (χ2v) is 4.81. The highest BCUT2D eigenvalue weighted by atomic mass is 32.1. The van der Waals surface area contributed by atoms with Gasteiger partial charge in [0.2, 0.25) is 11.7 Å². The number of benzene rings is 1. The van der Waals surface area contributed by atoms with Crippen molar-refractivity contribution in [1.82, 2.24) is 4.98 Å². The molecule has 4 nitrogen and oxygen atoms in total. The van der Waals surface area contributed by atoms with E-state index < -0.39 is 0 Å². The summed E-state index contributed by atoms with van der Waals surface area (Å²) in [6.07, 6.45) is 1.52. The zero-order valence-electron chi connectivity index (χ0n) is 9.21. The van der Waals surface area contributed by atoms with Crippen LogP contribution in [0.25, 0.3) is 21.1 Å². The molecule has 0 aliphatic carbocycles. The molecule has 0 N–H and O–H groups in total. The summed E-state index contributed by atoms with van der Waals surface area (Å²) in [6, 6.07) is 7.55. The van der Waals surface area contributed by atoms with E-state index in [0.717, 1.165) is 25.3 Å². The van der Waals surface area contributed by atoms with Crippen LogP contribution < -0.4 is 4.73 Å². The van der Waals surface area contributed by atoms with E-state index in [1.54, 1.807) is 18.4 Å². The molecule has 0 amide bonds. The lowest BCUT2D eigenvalue weighted by molar-refractivity contribution is -0.575. The molecule has 3 aromatic rings. The Kier molecular flexibility index (Phi) is 2.42. The van der Waals surface area contributed by atoms with E-state index in [9.17, 15) is 5.21 Å². The third-order valence-corrected chi connectivity index (χ3v) is 3.67. The molecule has 0 fully saturated rings. The maximum absolute atomic E-state index is 11.8. The third-order valence-electron chi connectivity index (χ3n) is 2.59. The molecule has 2 heterocycles. The second kappa shape index (κ2) is 3.94. The highest BCUT2D eigenvalue weighted by Gasteiger charge is 2.13. The Labute approximate surface area is 102 Å². The number of aromatic nitrogens is 2. The van der Waals surface area contributed by atoms with Crippen molar-refractivity contribution in [3.05, 3.63) is 40.7 Å². The number of nitrogens with zero attached hydrogens (tertiary/aromatic N) is 2. The summed E-state index contributed by atoms with van der Waals surface area (Å²) in [7, 11) is 1.64. The highest BCUT2D eigenvalue weighted by molar-refractivity contribution is 7.19. The standard InChI is InChI=1S/C12H10N2O2S/c1-16-7-11-13-9-6-14(15)10-5-3-2-4-8(10)12(9)17-11/h2-6H,7H2,1H3. The molecule has 0 saturated heterocycles. The van der Waals surface area contributed by atoms with Gasteiger partial charge in [-0.15, -0.1) is 11.3 Å². The number of para-hydroxylation sites is 1. The summed E-state index contributed by atoms with van der Waals surface area (Å²) in [5.74, 6) is 0. The van der Waals surface area contributed by atoms with E-state index in [-0.39, 0.29) is 0 Å². The molecule has 0 aliphatic rings. The fourth-order valence-electron chi connectivity index (χ4n) is 1.88. The molecule has 17 heavy (non-hydrogen) atoms. The van der Waals surface area contributed by atoms with E-state index in [4.69, 9.17) is 4.74 Å². The molecule has 0 spiro atoms. The highest BCUT2D eigenvalue weighted by Crippen LogP contribution is 2.28. The number of hydrogen-bond donors (Lipinski definition) is 0. The molecule has 0 saturated carbocycles. The van der Waals surface area contributed by atoms with Crippen LogP contribution >= 0.6 is 11.3 Å². The zero-order valence-corrected chi connectivity index (χ0v) is 10.0. The molecule has 5 heteroatoms. The summed E-state index contributed by atoms with van der Waals surface area (Å²) in [5, 5.41) is 13.6.